The number of hydrogen-bond donors (Lipinski definition) is 0. The predicted octanol–water partition coefficient (Wildman–Crippen LogP) is 3.63. The van der Waals surface area contributed by atoms with Crippen LogP contribution in [-0.4, -0.2) is 14.4 Å². The summed E-state index contributed by atoms with van der Waals surface area (Å²) in [6, 6.07) is 16.6. The lowest BCUT2D eigenvalue weighted by Gasteiger charge is -2.06. The van der Waals surface area contributed by atoms with E-state index in [9.17, 15) is 0 Å². The van der Waals surface area contributed by atoms with Gasteiger partial charge in [-0.3, -0.25) is 9.38 Å². The molecule has 0 saturated heterocycles. The Morgan fingerprint density at radius 3 is 2.79 bits per heavy atom. The van der Waals surface area contributed by atoms with E-state index in [1.165, 1.54) is 10.8 Å². The predicted molar refractivity (Wildman–Crippen MR) is 76.7 cm³/mol. The Morgan fingerprint density at radius 1 is 0.895 bits per heavy atom. The van der Waals surface area contributed by atoms with Crippen LogP contribution in [0.5, 0.6) is 0 Å². The summed E-state index contributed by atoms with van der Waals surface area (Å²) in [6.45, 7) is 0. The van der Waals surface area contributed by atoms with Crippen LogP contribution in [-0.2, 0) is 0 Å². The minimum absolute atomic E-state index is 0.993. The third kappa shape index (κ3) is 1.03. The van der Waals surface area contributed by atoms with Gasteiger partial charge in [-0.15, -0.1) is 0 Å². The molecule has 0 atom stereocenters. The van der Waals surface area contributed by atoms with Crippen molar-refractivity contribution < 1.29 is 0 Å². The topological polar surface area (TPSA) is 30.2 Å². The molecule has 0 fully saturated rings. The summed E-state index contributed by atoms with van der Waals surface area (Å²) in [5.41, 5.74) is 5.22. The second-order valence-electron chi connectivity index (χ2n) is 4.83. The number of rotatable bonds is 0. The van der Waals surface area contributed by atoms with Crippen LogP contribution in [0.25, 0.3) is 38.5 Å². The second-order valence-corrected chi connectivity index (χ2v) is 4.83. The number of aromatic nitrogens is 3. The number of para-hydroxylation sites is 1. The molecule has 88 valence electrons. The average molecular weight is 243 g/mol. The fraction of sp³-hybridized carbons (Fsp3) is 0. The van der Waals surface area contributed by atoms with Gasteiger partial charge in [-0.2, -0.15) is 0 Å². The molecular formula is C16H9N3. The Balaban J connectivity index is 2.26. The minimum atomic E-state index is 0.993. The molecule has 0 aliphatic carbocycles. The number of fused-ring (bicyclic) bond motifs is 2. The highest BCUT2D eigenvalue weighted by molar-refractivity contribution is 6.05. The SMILES string of the molecule is c1ccc2c(c1)cc1cnc3cccc4nc2n1c34. The summed E-state index contributed by atoms with van der Waals surface area (Å²) in [7, 11) is 0. The molecule has 0 unspecified atom stereocenters. The number of imidazole rings is 1. The Labute approximate surface area is 108 Å². The van der Waals surface area contributed by atoms with E-state index in [1.807, 2.05) is 24.4 Å². The van der Waals surface area contributed by atoms with Gasteiger partial charge in [0, 0.05) is 5.39 Å². The smallest absolute Gasteiger partial charge is 0.146 e. The fourth-order valence-electron chi connectivity index (χ4n) is 2.93. The van der Waals surface area contributed by atoms with Crippen molar-refractivity contribution in [3.8, 4) is 0 Å². The van der Waals surface area contributed by atoms with Gasteiger partial charge in [-0.25, -0.2) is 4.98 Å². The second kappa shape index (κ2) is 3.01. The number of hydrogen-bond acceptors (Lipinski definition) is 2. The highest BCUT2D eigenvalue weighted by Crippen LogP contribution is 2.29. The number of pyridine rings is 1. The van der Waals surface area contributed by atoms with Crippen molar-refractivity contribution in [3.63, 3.8) is 0 Å². The van der Waals surface area contributed by atoms with Gasteiger partial charge in [0.25, 0.3) is 0 Å². The van der Waals surface area contributed by atoms with Gasteiger partial charge >= 0.3 is 0 Å². The van der Waals surface area contributed by atoms with Gasteiger partial charge in [0.05, 0.1) is 28.3 Å². The molecule has 0 saturated carbocycles. The summed E-state index contributed by atoms with van der Waals surface area (Å²) in [5, 5.41) is 2.39. The average Bonchev–Trinajstić information content (AvgIpc) is 2.85. The maximum atomic E-state index is 4.79. The van der Waals surface area contributed by atoms with Crippen molar-refractivity contribution >= 4 is 38.5 Å². The van der Waals surface area contributed by atoms with Crippen LogP contribution in [0.1, 0.15) is 0 Å². The summed E-state index contributed by atoms with van der Waals surface area (Å²) >= 11 is 0. The molecule has 2 aromatic carbocycles. The lowest BCUT2D eigenvalue weighted by atomic mass is 10.1. The Bertz CT molecular complexity index is 1060. The third-order valence-corrected chi connectivity index (χ3v) is 3.75. The number of benzene rings is 2. The lowest BCUT2D eigenvalue weighted by molar-refractivity contribution is 1.26. The zero-order valence-electron chi connectivity index (χ0n) is 10.0. The first-order valence-corrected chi connectivity index (χ1v) is 6.29. The van der Waals surface area contributed by atoms with E-state index in [2.05, 4.69) is 39.7 Å². The van der Waals surface area contributed by atoms with E-state index in [0.717, 1.165) is 27.7 Å². The molecule has 3 nitrogen and oxygen atoms in total. The van der Waals surface area contributed by atoms with E-state index in [4.69, 9.17) is 4.98 Å². The van der Waals surface area contributed by atoms with Gasteiger partial charge in [0.1, 0.15) is 5.65 Å². The van der Waals surface area contributed by atoms with Gasteiger partial charge in [0.2, 0.25) is 0 Å². The first kappa shape index (κ1) is 9.28. The summed E-state index contributed by atoms with van der Waals surface area (Å²) < 4.78 is 2.21. The molecule has 19 heavy (non-hydrogen) atoms. The van der Waals surface area contributed by atoms with Gasteiger partial charge in [0.15, 0.2) is 0 Å². The zero-order valence-corrected chi connectivity index (χ0v) is 10.0. The summed E-state index contributed by atoms with van der Waals surface area (Å²) in [6.07, 6.45) is 1.92. The normalized spacial score (nSPS) is 12.2. The van der Waals surface area contributed by atoms with E-state index >= 15 is 0 Å². The van der Waals surface area contributed by atoms with Crippen LogP contribution in [0.15, 0.2) is 54.7 Å². The quantitative estimate of drug-likeness (QED) is 0.307. The van der Waals surface area contributed by atoms with Crippen LogP contribution in [0.4, 0.5) is 0 Å². The van der Waals surface area contributed by atoms with Crippen LogP contribution >= 0.6 is 0 Å². The maximum absolute atomic E-state index is 4.79. The Hall–Kier alpha value is -2.68. The Kier molecular flexibility index (Phi) is 1.47. The molecule has 0 radical (unpaired) electrons. The van der Waals surface area contributed by atoms with Crippen molar-refractivity contribution in [1.29, 1.82) is 0 Å². The largest absolute Gasteiger partial charge is 0.289 e. The first-order valence-electron chi connectivity index (χ1n) is 6.29. The van der Waals surface area contributed by atoms with Crippen molar-refractivity contribution in [2.45, 2.75) is 0 Å². The molecule has 0 aliphatic rings. The fourth-order valence-corrected chi connectivity index (χ4v) is 2.93. The molecule has 5 aromatic rings. The van der Waals surface area contributed by atoms with Gasteiger partial charge in [-0.1, -0.05) is 30.3 Å². The minimum Gasteiger partial charge on any atom is -0.289 e. The van der Waals surface area contributed by atoms with E-state index in [0.29, 0.717) is 0 Å². The molecule has 0 N–H and O–H groups in total. The molecule has 3 heteroatoms. The van der Waals surface area contributed by atoms with Gasteiger partial charge in [-0.05, 0) is 23.6 Å². The highest BCUT2D eigenvalue weighted by Gasteiger charge is 2.13. The van der Waals surface area contributed by atoms with Crippen LogP contribution in [0.2, 0.25) is 0 Å². The Morgan fingerprint density at radius 2 is 1.79 bits per heavy atom. The monoisotopic (exact) mass is 243 g/mol. The van der Waals surface area contributed by atoms with Crippen molar-refractivity contribution in [2.24, 2.45) is 0 Å². The molecule has 0 bridgehead atoms. The molecular weight excluding hydrogens is 234 g/mol. The zero-order chi connectivity index (χ0) is 12.4. The number of nitrogens with zero attached hydrogens (tertiary/aromatic N) is 3. The molecule has 0 spiro atoms. The molecule has 0 aliphatic heterocycles. The lowest BCUT2D eigenvalue weighted by Crippen LogP contribution is -1.92. The molecule has 0 amide bonds. The highest BCUT2D eigenvalue weighted by atomic mass is 15.0. The van der Waals surface area contributed by atoms with Crippen LogP contribution in [0.3, 0.4) is 0 Å². The summed E-state index contributed by atoms with van der Waals surface area (Å²) in [5.74, 6) is 0. The van der Waals surface area contributed by atoms with Crippen LogP contribution in [0, 0.1) is 0 Å². The van der Waals surface area contributed by atoms with Crippen molar-refractivity contribution in [1.82, 2.24) is 14.4 Å². The molecule has 3 aromatic heterocycles. The third-order valence-electron chi connectivity index (χ3n) is 3.75. The van der Waals surface area contributed by atoms with Crippen molar-refractivity contribution in [2.75, 3.05) is 0 Å². The van der Waals surface area contributed by atoms with Gasteiger partial charge < -0.3 is 0 Å². The molecule has 5 rings (SSSR count). The van der Waals surface area contributed by atoms with E-state index < -0.39 is 0 Å². The van der Waals surface area contributed by atoms with Crippen molar-refractivity contribution in [3.05, 3.63) is 54.7 Å². The molecule has 3 heterocycles. The van der Waals surface area contributed by atoms with E-state index in [-0.39, 0.29) is 0 Å². The first-order chi connectivity index (χ1) is 9.42. The van der Waals surface area contributed by atoms with E-state index in [1.54, 1.807) is 0 Å². The summed E-state index contributed by atoms with van der Waals surface area (Å²) in [4.78, 5) is 9.32. The maximum Gasteiger partial charge on any atom is 0.146 e. The van der Waals surface area contributed by atoms with Crippen LogP contribution < -0.4 is 0 Å². The standard InChI is InChI=1S/C16H9N3/c1-2-5-12-10(4-1)8-11-9-17-13-6-3-7-14-15(13)19(11)16(12)18-14/h1-9H.